The summed E-state index contributed by atoms with van der Waals surface area (Å²) in [7, 11) is 0. The molecule has 5 rings (SSSR count). The molecule has 0 unspecified atom stereocenters. The molecule has 0 aliphatic heterocycles. The van der Waals surface area contributed by atoms with Gasteiger partial charge in [-0.1, -0.05) is 19.3 Å². The van der Waals surface area contributed by atoms with E-state index in [1.165, 1.54) is 70.6 Å². The van der Waals surface area contributed by atoms with E-state index in [1.54, 1.807) is 0 Å². The second kappa shape index (κ2) is 4.46. The van der Waals surface area contributed by atoms with E-state index < -0.39 is 0 Å². The van der Waals surface area contributed by atoms with E-state index in [0.29, 0.717) is 10.8 Å². The third kappa shape index (κ3) is 1.82. The van der Waals surface area contributed by atoms with Gasteiger partial charge in [0.1, 0.15) is 0 Å². The molecule has 5 aliphatic carbocycles. The maximum absolute atomic E-state index is 5.56. The van der Waals surface area contributed by atoms with Crippen LogP contribution in [-0.2, 0) is 4.84 Å². The summed E-state index contributed by atoms with van der Waals surface area (Å²) in [6.45, 7) is 0.833. The molecule has 2 nitrogen and oxygen atoms in total. The Morgan fingerprint density at radius 3 is 1.84 bits per heavy atom. The maximum Gasteiger partial charge on any atom is 0.0740 e. The van der Waals surface area contributed by atoms with Crippen molar-refractivity contribution in [2.24, 2.45) is 34.5 Å². The van der Waals surface area contributed by atoms with Gasteiger partial charge in [-0.05, 0) is 74.5 Å². The van der Waals surface area contributed by atoms with Crippen molar-refractivity contribution in [2.45, 2.75) is 70.6 Å². The van der Waals surface area contributed by atoms with E-state index in [-0.39, 0.29) is 0 Å². The highest BCUT2D eigenvalue weighted by Gasteiger charge is 2.60. The average molecular weight is 263 g/mol. The fourth-order valence-electron chi connectivity index (χ4n) is 6.98. The molecule has 4 bridgehead atoms. The van der Waals surface area contributed by atoms with Crippen LogP contribution in [-0.4, -0.2) is 6.61 Å². The van der Waals surface area contributed by atoms with Crippen LogP contribution in [0.4, 0.5) is 0 Å². The minimum atomic E-state index is 0.440. The Kier molecular flexibility index (Phi) is 2.97. The molecule has 5 fully saturated rings. The Labute approximate surface area is 117 Å². The Morgan fingerprint density at radius 2 is 1.37 bits per heavy atom. The summed E-state index contributed by atoms with van der Waals surface area (Å²) in [5.74, 6) is 8.70. The lowest BCUT2D eigenvalue weighted by Gasteiger charge is -2.64. The summed E-state index contributed by atoms with van der Waals surface area (Å²) in [5.41, 5.74) is 1.05. The van der Waals surface area contributed by atoms with Crippen LogP contribution in [0.2, 0.25) is 0 Å². The molecular formula is C17H29NO. The second-order valence-corrected chi connectivity index (χ2v) is 8.35. The van der Waals surface area contributed by atoms with Crippen molar-refractivity contribution in [3.05, 3.63) is 0 Å². The fraction of sp³-hybridized carbons (Fsp3) is 1.00. The Hall–Kier alpha value is -0.0800. The summed E-state index contributed by atoms with van der Waals surface area (Å²) < 4.78 is 0. The number of hydrogen-bond acceptors (Lipinski definition) is 2. The molecule has 0 radical (unpaired) electrons. The quantitative estimate of drug-likeness (QED) is 0.780. The molecule has 0 aromatic rings. The highest BCUT2D eigenvalue weighted by Crippen LogP contribution is 2.68. The van der Waals surface area contributed by atoms with Crippen LogP contribution in [0, 0.1) is 28.6 Å². The first-order chi connectivity index (χ1) is 9.25. The zero-order chi connectivity index (χ0) is 12.9. The van der Waals surface area contributed by atoms with Gasteiger partial charge in [0, 0.05) is 5.41 Å². The molecule has 19 heavy (non-hydrogen) atoms. The largest absolute Gasteiger partial charge is 0.304 e. The minimum Gasteiger partial charge on any atom is -0.304 e. The predicted octanol–water partition coefficient (Wildman–Crippen LogP) is 4.04. The van der Waals surface area contributed by atoms with Gasteiger partial charge < -0.3 is 4.84 Å². The van der Waals surface area contributed by atoms with Gasteiger partial charge >= 0.3 is 0 Å². The predicted molar refractivity (Wildman–Crippen MR) is 76.3 cm³/mol. The molecule has 0 aromatic heterocycles. The van der Waals surface area contributed by atoms with Crippen LogP contribution in [0.1, 0.15) is 70.6 Å². The molecule has 5 saturated carbocycles. The lowest BCUT2D eigenvalue weighted by molar-refractivity contribution is -0.169. The molecule has 2 N–H and O–H groups in total. The first kappa shape index (κ1) is 12.6. The molecular weight excluding hydrogens is 234 g/mol. The smallest absolute Gasteiger partial charge is 0.0740 e. The van der Waals surface area contributed by atoms with E-state index in [4.69, 9.17) is 10.7 Å². The SMILES string of the molecule is NOCC1(C23CC4CC(CC(C4)C2)C3)CCCCC1. The zero-order valence-electron chi connectivity index (χ0n) is 12.2. The lowest BCUT2D eigenvalue weighted by atomic mass is 9.41. The van der Waals surface area contributed by atoms with Crippen LogP contribution in [0.5, 0.6) is 0 Å². The van der Waals surface area contributed by atoms with Crippen molar-refractivity contribution < 1.29 is 4.84 Å². The topological polar surface area (TPSA) is 35.2 Å². The summed E-state index contributed by atoms with van der Waals surface area (Å²) in [6, 6.07) is 0. The van der Waals surface area contributed by atoms with Gasteiger partial charge in [-0.15, -0.1) is 0 Å². The molecule has 0 heterocycles. The Bertz CT molecular complexity index is 304. The maximum atomic E-state index is 5.56. The molecule has 0 saturated heterocycles. The number of hydrogen-bond donors (Lipinski definition) is 1. The molecule has 5 aliphatic rings. The molecule has 0 aromatic carbocycles. The van der Waals surface area contributed by atoms with Gasteiger partial charge in [-0.2, -0.15) is 0 Å². The van der Waals surface area contributed by atoms with Gasteiger partial charge in [0.05, 0.1) is 6.61 Å². The molecule has 0 atom stereocenters. The van der Waals surface area contributed by atoms with Crippen molar-refractivity contribution in [1.82, 2.24) is 0 Å². The van der Waals surface area contributed by atoms with Crippen molar-refractivity contribution in [3.63, 3.8) is 0 Å². The third-order valence-electron chi connectivity index (χ3n) is 7.33. The molecule has 2 heteroatoms. The highest BCUT2D eigenvalue weighted by molar-refractivity contribution is 5.09. The summed E-state index contributed by atoms with van der Waals surface area (Å²) in [4.78, 5) is 5.27. The van der Waals surface area contributed by atoms with Gasteiger partial charge in [0.25, 0.3) is 0 Å². The van der Waals surface area contributed by atoms with Crippen LogP contribution in [0.3, 0.4) is 0 Å². The second-order valence-electron chi connectivity index (χ2n) is 8.35. The van der Waals surface area contributed by atoms with Gasteiger partial charge in [0.15, 0.2) is 0 Å². The van der Waals surface area contributed by atoms with E-state index in [0.717, 1.165) is 24.4 Å². The van der Waals surface area contributed by atoms with Crippen LogP contribution in [0.15, 0.2) is 0 Å². The monoisotopic (exact) mass is 263 g/mol. The fourth-order valence-corrected chi connectivity index (χ4v) is 6.98. The van der Waals surface area contributed by atoms with Crippen molar-refractivity contribution in [2.75, 3.05) is 6.61 Å². The normalized spacial score (nSPS) is 47.5. The molecule has 0 amide bonds. The highest BCUT2D eigenvalue weighted by atomic mass is 16.6. The summed E-state index contributed by atoms with van der Waals surface area (Å²) in [5, 5.41) is 0. The standard InChI is InChI=1S/C17H29NO/c18-19-12-16(4-2-1-3-5-16)17-9-13-6-14(10-17)8-15(7-13)11-17/h13-15H,1-12,18H2. The zero-order valence-corrected chi connectivity index (χ0v) is 12.2. The van der Waals surface area contributed by atoms with E-state index in [1.807, 2.05) is 0 Å². The molecule has 0 spiro atoms. The Morgan fingerprint density at radius 1 is 0.842 bits per heavy atom. The summed E-state index contributed by atoms with van der Waals surface area (Å²) in [6.07, 6.45) is 16.1. The van der Waals surface area contributed by atoms with Gasteiger partial charge in [-0.3, -0.25) is 0 Å². The first-order valence-electron chi connectivity index (χ1n) is 8.57. The van der Waals surface area contributed by atoms with Crippen molar-refractivity contribution >= 4 is 0 Å². The summed E-state index contributed by atoms with van der Waals surface area (Å²) >= 11 is 0. The Balaban J connectivity index is 1.67. The van der Waals surface area contributed by atoms with Crippen LogP contribution in [0.25, 0.3) is 0 Å². The van der Waals surface area contributed by atoms with Crippen molar-refractivity contribution in [1.29, 1.82) is 0 Å². The van der Waals surface area contributed by atoms with Gasteiger partial charge in [0.2, 0.25) is 0 Å². The van der Waals surface area contributed by atoms with E-state index in [2.05, 4.69) is 0 Å². The van der Waals surface area contributed by atoms with E-state index in [9.17, 15) is 0 Å². The minimum absolute atomic E-state index is 0.440. The average Bonchev–Trinajstić information content (AvgIpc) is 2.38. The van der Waals surface area contributed by atoms with Gasteiger partial charge in [-0.25, -0.2) is 5.90 Å². The molecule has 108 valence electrons. The first-order valence-corrected chi connectivity index (χ1v) is 8.57. The van der Waals surface area contributed by atoms with Crippen molar-refractivity contribution in [3.8, 4) is 0 Å². The van der Waals surface area contributed by atoms with Crippen LogP contribution >= 0.6 is 0 Å². The number of rotatable bonds is 3. The lowest BCUT2D eigenvalue weighted by Crippen LogP contribution is -2.57. The van der Waals surface area contributed by atoms with Crippen LogP contribution < -0.4 is 5.90 Å². The third-order valence-corrected chi connectivity index (χ3v) is 7.33. The number of nitrogens with two attached hydrogens (primary N) is 1. The van der Waals surface area contributed by atoms with E-state index >= 15 is 0 Å².